The summed E-state index contributed by atoms with van der Waals surface area (Å²) in [6, 6.07) is 15.1. The van der Waals surface area contributed by atoms with Crippen LogP contribution in [0.25, 0.3) is 0 Å². The Labute approximate surface area is 188 Å². The molecule has 2 aromatic rings. The number of benzene rings is 2. The molecule has 0 aliphatic carbocycles. The Morgan fingerprint density at radius 1 is 1.00 bits per heavy atom. The number of para-hydroxylation sites is 2. The zero-order valence-electron chi connectivity index (χ0n) is 18.5. The lowest BCUT2D eigenvalue weighted by molar-refractivity contribution is -0.138. The van der Waals surface area contributed by atoms with Crippen LogP contribution in [-0.4, -0.2) is 49.4 Å². The SMILES string of the molecule is COc1ccccc1NC(=O)C1CCN(C(=O)[C@H]2CC(=O)N(c3ccc(C)cc3)C2)CC1. The van der Waals surface area contributed by atoms with Crippen molar-refractivity contribution in [2.75, 3.05) is 37.0 Å². The minimum absolute atomic E-state index is 0.0107. The van der Waals surface area contributed by atoms with E-state index in [0.717, 1.165) is 11.3 Å². The largest absolute Gasteiger partial charge is 0.495 e. The quantitative estimate of drug-likeness (QED) is 0.782. The summed E-state index contributed by atoms with van der Waals surface area (Å²) in [5, 5.41) is 2.95. The first-order chi connectivity index (χ1) is 15.5. The highest BCUT2D eigenvalue weighted by Gasteiger charge is 2.38. The molecule has 7 heteroatoms. The first-order valence-electron chi connectivity index (χ1n) is 11.1. The van der Waals surface area contributed by atoms with Gasteiger partial charge in [-0.3, -0.25) is 14.4 Å². The van der Waals surface area contributed by atoms with Crippen molar-refractivity contribution >= 4 is 29.1 Å². The Bertz CT molecular complexity index is 997. The predicted molar refractivity (Wildman–Crippen MR) is 123 cm³/mol. The molecule has 2 saturated heterocycles. The number of nitrogens with zero attached hydrogens (tertiary/aromatic N) is 2. The Morgan fingerprint density at radius 3 is 2.38 bits per heavy atom. The number of aryl methyl sites for hydroxylation is 1. The van der Waals surface area contributed by atoms with E-state index in [0.29, 0.717) is 43.9 Å². The average molecular weight is 436 g/mol. The van der Waals surface area contributed by atoms with Crippen LogP contribution in [0.2, 0.25) is 0 Å². The first-order valence-corrected chi connectivity index (χ1v) is 11.1. The second-order valence-corrected chi connectivity index (χ2v) is 8.53. The molecule has 3 amide bonds. The fourth-order valence-corrected chi connectivity index (χ4v) is 4.45. The minimum Gasteiger partial charge on any atom is -0.495 e. The number of carbonyl (C=O) groups excluding carboxylic acids is 3. The maximum Gasteiger partial charge on any atom is 0.228 e. The molecule has 0 radical (unpaired) electrons. The second kappa shape index (κ2) is 9.42. The fraction of sp³-hybridized carbons (Fsp3) is 0.400. The third kappa shape index (κ3) is 4.61. The number of carbonyl (C=O) groups is 3. The molecule has 2 aliphatic heterocycles. The molecule has 2 aliphatic rings. The lowest BCUT2D eigenvalue weighted by Crippen LogP contribution is -2.44. The van der Waals surface area contributed by atoms with Crippen molar-refractivity contribution in [2.45, 2.75) is 26.2 Å². The number of rotatable bonds is 5. The molecule has 168 valence electrons. The maximum atomic E-state index is 13.1. The number of hydrogen-bond acceptors (Lipinski definition) is 4. The Kier molecular flexibility index (Phi) is 6.44. The van der Waals surface area contributed by atoms with Crippen LogP contribution in [0.3, 0.4) is 0 Å². The summed E-state index contributed by atoms with van der Waals surface area (Å²) < 4.78 is 5.29. The van der Waals surface area contributed by atoms with Crippen molar-refractivity contribution in [1.82, 2.24) is 4.90 Å². The van der Waals surface area contributed by atoms with Crippen LogP contribution in [-0.2, 0) is 14.4 Å². The van der Waals surface area contributed by atoms with Crippen LogP contribution in [0, 0.1) is 18.8 Å². The number of hydrogen-bond donors (Lipinski definition) is 1. The molecule has 0 spiro atoms. The molecule has 2 aromatic carbocycles. The van der Waals surface area contributed by atoms with E-state index in [4.69, 9.17) is 4.74 Å². The summed E-state index contributed by atoms with van der Waals surface area (Å²) in [6.07, 6.45) is 1.45. The lowest BCUT2D eigenvalue weighted by atomic mass is 9.94. The third-order valence-corrected chi connectivity index (χ3v) is 6.36. The van der Waals surface area contributed by atoms with Gasteiger partial charge in [0, 0.05) is 37.7 Å². The van der Waals surface area contributed by atoms with Gasteiger partial charge in [-0.2, -0.15) is 0 Å². The summed E-state index contributed by atoms with van der Waals surface area (Å²) in [5.41, 5.74) is 2.62. The fourth-order valence-electron chi connectivity index (χ4n) is 4.45. The van der Waals surface area contributed by atoms with Gasteiger partial charge in [-0.25, -0.2) is 0 Å². The maximum absolute atomic E-state index is 13.1. The molecular weight excluding hydrogens is 406 g/mol. The highest BCUT2D eigenvalue weighted by molar-refractivity contribution is 6.00. The monoisotopic (exact) mass is 435 g/mol. The van der Waals surface area contributed by atoms with Crippen molar-refractivity contribution in [1.29, 1.82) is 0 Å². The van der Waals surface area contributed by atoms with Crippen LogP contribution in [0.1, 0.15) is 24.8 Å². The zero-order valence-corrected chi connectivity index (χ0v) is 18.5. The summed E-state index contributed by atoms with van der Waals surface area (Å²) in [6.45, 7) is 3.47. The van der Waals surface area contributed by atoms with Crippen molar-refractivity contribution in [3.05, 3.63) is 54.1 Å². The van der Waals surface area contributed by atoms with Crippen molar-refractivity contribution in [3.8, 4) is 5.75 Å². The van der Waals surface area contributed by atoms with E-state index in [1.165, 1.54) is 0 Å². The van der Waals surface area contributed by atoms with Gasteiger partial charge in [-0.1, -0.05) is 29.8 Å². The van der Waals surface area contributed by atoms with Gasteiger partial charge in [0.05, 0.1) is 18.7 Å². The van der Waals surface area contributed by atoms with E-state index in [9.17, 15) is 14.4 Å². The molecule has 4 rings (SSSR count). The van der Waals surface area contributed by atoms with Gasteiger partial charge >= 0.3 is 0 Å². The van der Waals surface area contributed by atoms with Gasteiger partial charge in [0.15, 0.2) is 0 Å². The smallest absolute Gasteiger partial charge is 0.228 e. The Hall–Kier alpha value is -3.35. The summed E-state index contributed by atoms with van der Waals surface area (Å²) in [4.78, 5) is 41.8. The predicted octanol–water partition coefficient (Wildman–Crippen LogP) is 3.23. The molecule has 0 bridgehead atoms. The van der Waals surface area contributed by atoms with Crippen LogP contribution >= 0.6 is 0 Å². The molecule has 32 heavy (non-hydrogen) atoms. The number of piperidine rings is 1. The normalized spacial score (nSPS) is 19.2. The van der Waals surface area contributed by atoms with Gasteiger partial charge in [0.25, 0.3) is 0 Å². The minimum atomic E-state index is -0.331. The van der Waals surface area contributed by atoms with Gasteiger partial charge in [0.1, 0.15) is 5.75 Å². The molecular formula is C25H29N3O4. The molecule has 1 atom stereocenters. The third-order valence-electron chi connectivity index (χ3n) is 6.36. The van der Waals surface area contributed by atoms with Gasteiger partial charge < -0.3 is 19.9 Å². The summed E-state index contributed by atoms with van der Waals surface area (Å²) >= 11 is 0. The van der Waals surface area contributed by atoms with E-state index in [1.54, 1.807) is 18.1 Å². The first kappa shape index (κ1) is 21.9. The van der Waals surface area contributed by atoms with Crippen LogP contribution in [0.5, 0.6) is 5.75 Å². The molecule has 0 saturated carbocycles. The lowest BCUT2D eigenvalue weighted by Gasteiger charge is -2.33. The average Bonchev–Trinajstić information content (AvgIpc) is 3.21. The zero-order chi connectivity index (χ0) is 22.7. The Balaban J connectivity index is 1.31. The number of methoxy groups -OCH3 is 1. The molecule has 2 heterocycles. The molecule has 7 nitrogen and oxygen atoms in total. The highest BCUT2D eigenvalue weighted by Crippen LogP contribution is 2.29. The number of ether oxygens (including phenoxy) is 1. The van der Waals surface area contributed by atoms with Crippen molar-refractivity contribution in [3.63, 3.8) is 0 Å². The van der Waals surface area contributed by atoms with E-state index in [1.807, 2.05) is 54.3 Å². The standard InChI is InChI=1S/C25H29N3O4/c1-17-7-9-20(10-8-17)28-16-19(15-23(28)29)25(31)27-13-11-18(12-14-27)24(30)26-21-5-3-4-6-22(21)32-2/h3-10,18-19H,11-16H2,1-2H3,(H,26,30)/t19-/m0/s1. The highest BCUT2D eigenvalue weighted by atomic mass is 16.5. The van der Waals surface area contributed by atoms with Crippen molar-refractivity contribution < 1.29 is 19.1 Å². The van der Waals surface area contributed by atoms with E-state index in [2.05, 4.69) is 5.32 Å². The molecule has 1 N–H and O–H groups in total. The second-order valence-electron chi connectivity index (χ2n) is 8.53. The van der Waals surface area contributed by atoms with Gasteiger partial charge in [-0.05, 0) is 44.0 Å². The molecule has 0 aromatic heterocycles. The van der Waals surface area contributed by atoms with Crippen LogP contribution < -0.4 is 15.0 Å². The van der Waals surface area contributed by atoms with Crippen LogP contribution in [0.15, 0.2) is 48.5 Å². The number of nitrogens with one attached hydrogen (secondary N) is 1. The summed E-state index contributed by atoms with van der Waals surface area (Å²) in [7, 11) is 1.57. The van der Waals surface area contributed by atoms with Gasteiger partial charge in [-0.15, -0.1) is 0 Å². The summed E-state index contributed by atoms with van der Waals surface area (Å²) in [5.74, 6) is 0.0801. The van der Waals surface area contributed by atoms with Crippen LogP contribution in [0.4, 0.5) is 11.4 Å². The van der Waals surface area contributed by atoms with E-state index < -0.39 is 0 Å². The Morgan fingerprint density at radius 2 is 1.69 bits per heavy atom. The number of likely N-dealkylation sites (tertiary alicyclic amines) is 1. The molecule has 2 fully saturated rings. The topological polar surface area (TPSA) is 79.0 Å². The van der Waals surface area contributed by atoms with Gasteiger partial charge in [0.2, 0.25) is 17.7 Å². The number of anilines is 2. The van der Waals surface area contributed by atoms with E-state index >= 15 is 0 Å². The number of amides is 3. The van der Waals surface area contributed by atoms with Crippen molar-refractivity contribution in [2.24, 2.45) is 11.8 Å². The molecule has 0 unspecified atom stereocenters. The van der Waals surface area contributed by atoms with E-state index in [-0.39, 0.29) is 36.0 Å².